The molecule has 0 aliphatic heterocycles. The SMILES string of the molecule is COC(=O)Cc1cc(OC(F)F)c(C#N)cc1CCl. The number of carbonyl (C=O) groups is 1. The smallest absolute Gasteiger partial charge is 0.387 e. The molecule has 0 aliphatic rings. The highest BCUT2D eigenvalue weighted by molar-refractivity contribution is 6.17. The number of esters is 1. The van der Waals surface area contributed by atoms with E-state index in [0.29, 0.717) is 11.1 Å². The van der Waals surface area contributed by atoms with Crippen molar-refractivity contribution < 1.29 is 23.0 Å². The van der Waals surface area contributed by atoms with E-state index < -0.39 is 12.6 Å². The number of hydrogen-bond acceptors (Lipinski definition) is 4. The Kier molecular flexibility index (Phi) is 5.52. The van der Waals surface area contributed by atoms with Gasteiger partial charge in [-0.2, -0.15) is 14.0 Å². The van der Waals surface area contributed by atoms with Crippen molar-refractivity contribution >= 4 is 17.6 Å². The van der Waals surface area contributed by atoms with Gasteiger partial charge in [0.05, 0.1) is 19.1 Å². The maximum Gasteiger partial charge on any atom is 0.387 e. The Morgan fingerprint density at radius 2 is 2.16 bits per heavy atom. The Morgan fingerprint density at radius 3 is 2.63 bits per heavy atom. The van der Waals surface area contributed by atoms with Gasteiger partial charge in [-0.15, -0.1) is 11.6 Å². The number of nitrogens with zero attached hydrogens (tertiary/aromatic N) is 1. The van der Waals surface area contributed by atoms with Crippen LogP contribution in [0.15, 0.2) is 12.1 Å². The number of nitriles is 1. The number of benzene rings is 1. The lowest BCUT2D eigenvalue weighted by atomic mass is 10.0. The summed E-state index contributed by atoms with van der Waals surface area (Å²) >= 11 is 5.70. The van der Waals surface area contributed by atoms with Gasteiger partial charge in [0.1, 0.15) is 11.8 Å². The zero-order valence-corrected chi connectivity index (χ0v) is 10.7. The Balaban J connectivity index is 3.21. The van der Waals surface area contributed by atoms with Crippen LogP contribution < -0.4 is 4.74 Å². The van der Waals surface area contributed by atoms with Crippen LogP contribution in [0.3, 0.4) is 0 Å². The van der Waals surface area contributed by atoms with Gasteiger partial charge in [-0.25, -0.2) is 0 Å². The molecule has 0 amide bonds. The molecular weight excluding hydrogens is 280 g/mol. The van der Waals surface area contributed by atoms with Crippen LogP contribution in [0.2, 0.25) is 0 Å². The standard InChI is InChI=1S/C12H10ClF2NO3/c1-18-11(17)4-7-3-10(19-12(14)15)9(6-16)2-8(7)5-13/h2-3,12H,4-5H2,1H3. The fraction of sp³-hybridized carbons (Fsp3) is 0.333. The monoisotopic (exact) mass is 289 g/mol. The minimum atomic E-state index is -3.06. The van der Waals surface area contributed by atoms with Gasteiger partial charge >= 0.3 is 12.6 Å². The van der Waals surface area contributed by atoms with Crippen LogP contribution in [0.1, 0.15) is 16.7 Å². The molecule has 1 aromatic carbocycles. The lowest BCUT2D eigenvalue weighted by molar-refractivity contribution is -0.139. The Bertz CT molecular complexity index is 514. The molecule has 0 saturated carbocycles. The third-order valence-electron chi connectivity index (χ3n) is 2.34. The molecule has 0 N–H and O–H groups in total. The number of alkyl halides is 3. The van der Waals surface area contributed by atoms with E-state index in [1.165, 1.54) is 19.2 Å². The van der Waals surface area contributed by atoms with E-state index in [4.69, 9.17) is 16.9 Å². The molecule has 19 heavy (non-hydrogen) atoms. The molecular formula is C12H10ClF2NO3. The molecule has 7 heteroatoms. The van der Waals surface area contributed by atoms with Gasteiger partial charge in [0, 0.05) is 5.88 Å². The van der Waals surface area contributed by atoms with Gasteiger partial charge < -0.3 is 9.47 Å². The second-order valence-electron chi connectivity index (χ2n) is 3.49. The lowest BCUT2D eigenvalue weighted by Gasteiger charge is -2.12. The van der Waals surface area contributed by atoms with Crippen molar-refractivity contribution in [2.75, 3.05) is 7.11 Å². The third kappa shape index (κ3) is 4.07. The van der Waals surface area contributed by atoms with Crippen LogP contribution in [-0.2, 0) is 21.8 Å². The van der Waals surface area contributed by atoms with E-state index in [0.717, 1.165) is 0 Å². The molecule has 0 fully saturated rings. The minimum Gasteiger partial charge on any atom is -0.469 e. The molecule has 4 nitrogen and oxygen atoms in total. The average molecular weight is 290 g/mol. The van der Waals surface area contributed by atoms with Crippen molar-refractivity contribution in [1.29, 1.82) is 5.26 Å². The predicted molar refractivity (Wildman–Crippen MR) is 63.1 cm³/mol. The Labute approximate surface area is 113 Å². The number of carbonyl (C=O) groups excluding carboxylic acids is 1. The zero-order chi connectivity index (χ0) is 14.4. The molecule has 102 valence electrons. The maximum absolute atomic E-state index is 12.2. The number of halogens is 3. The number of methoxy groups -OCH3 is 1. The summed E-state index contributed by atoms with van der Waals surface area (Å²) in [6.45, 7) is -3.06. The minimum absolute atomic E-state index is 0.0377. The first-order chi connectivity index (χ1) is 9.01. The second kappa shape index (κ2) is 6.90. The van der Waals surface area contributed by atoms with Gasteiger partial charge in [0.15, 0.2) is 0 Å². The van der Waals surface area contributed by atoms with Crippen molar-refractivity contribution in [3.8, 4) is 11.8 Å². The van der Waals surface area contributed by atoms with Crippen molar-refractivity contribution in [2.45, 2.75) is 18.9 Å². The van der Waals surface area contributed by atoms with E-state index in [-0.39, 0.29) is 23.6 Å². The van der Waals surface area contributed by atoms with Crippen LogP contribution in [0, 0.1) is 11.3 Å². The maximum atomic E-state index is 12.2. The van der Waals surface area contributed by atoms with Crippen LogP contribution in [-0.4, -0.2) is 19.7 Å². The molecule has 0 heterocycles. The Morgan fingerprint density at radius 1 is 1.47 bits per heavy atom. The van der Waals surface area contributed by atoms with Crippen molar-refractivity contribution in [3.63, 3.8) is 0 Å². The van der Waals surface area contributed by atoms with Gasteiger partial charge in [-0.05, 0) is 23.3 Å². The molecule has 1 rings (SSSR count). The first kappa shape index (κ1) is 15.2. The van der Waals surface area contributed by atoms with E-state index in [1.807, 2.05) is 0 Å². The first-order valence-corrected chi connectivity index (χ1v) is 5.68. The summed E-state index contributed by atoms with van der Waals surface area (Å²) < 4.78 is 33.2. The largest absolute Gasteiger partial charge is 0.469 e. The molecule has 0 aliphatic carbocycles. The van der Waals surface area contributed by atoms with Crippen molar-refractivity contribution in [2.24, 2.45) is 0 Å². The molecule has 0 radical (unpaired) electrons. The number of hydrogen-bond donors (Lipinski definition) is 0. The van der Waals surface area contributed by atoms with Crippen LogP contribution in [0.25, 0.3) is 0 Å². The van der Waals surface area contributed by atoms with Gasteiger partial charge in [-0.3, -0.25) is 4.79 Å². The van der Waals surface area contributed by atoms with E-state index in [9.17, 15) is 13.6 Å². The highest BCUT2D eigenvalue weighted by Gasteiger charge is 2.16. The van der Waals surface area contributed by atoms with Crippen molar-refractivity contribution in [1.82, 2.24) is 0 Å². The molecule has 0 unspecified atom stereocenters. The van der Waals surface area contributed by atoms with E-state index in [2.05, 4.69) is 9.47 Å². The molecule has 1 aromatic rings. The third-order valence-corrected chi connectivity index (χ3v) is 2.63. The fourth-order valence-corrected chi connectivity index (χ4v) is 1.71. The Hall–Kier alpha value is -1.87. The first-order valence-electron chi connectivity index (χ1n) is 5.15. The summed E-state index contributed by atoms with van der Waals surface area (Å²) in [5, 5.41) is 8.86. The fourth-order valence-electron chi connectivity index (χ4n) is 1.46. The molecule has 0 bridgehead atoms. The van der Waals surface area contributed by atoms with E-state index >= 15 is 0 Å². The number of rotatable bonds is 5. The summed E-state index contributed by atoms with van der Waals surface area (Å²) in [5.74, 6) is -0.792. The van der Waals surface area contributed by atoms with Gasteiger partial charge in [0.2, 0.25) is 0 Å². The van der Waals surface area contributed by atoms with Crippen LogP contribution in [0.4, 0.5) is 8.78 Å². The number of ether oxygens (including phenoxy) is 2. The quantitative estimate of drug-likeness (QED) is 0.617. The van der Waals surface area contributed by atoms with E-state index in [1.54, 1.807) is 6.07 Å². The van der Waals surface area contributed by atoms with Gasteiger partial charge in [0.25, 0.3) is 0 Å². The topological polar surface area (TPSA) is 59.3 Å². The second-order valence-corrected chi connectivity index (χ2v) is 3.76. The van der Waals surface area contributed by atoms with Crippen LogP contribution >= 0.6 is 11.6 Å². The molecule has 0 saturated heterocycles. The highest BCUT2D eigenvalue weighted by Crippen LogP contribution is 2.26. The summed E-state index contributed by atoms with van der Waals surface area (Å²) in [6, 6.07) is 4.27. The lowest BCUT2D eigenvalue weighted by Crippen LogP contribution is -2.09. The molecule has 0 aromatic heterocycles. The average Bonchev–Trinajstić information content (AvgIpc) is 2.38. The molecule has 0 spiro atoms. The molecule has 0 atom stereocenters. The normalized spacial score (nSPS) is 10.1. The summed E-state index contributed by atoms with van der Waals surface area (Å²) in [6.07, 6.45) is -0.135. The predicted octanol–water partition coefficient (Wildman–Crippen LogP) is 2.61. The van der Waals surface area contributed by atoms with Gasteiger partial charge in [-0.1, -0.05) is 0 Å². The zero-order valence-electron chi connectivity index (χ0n) is 9.95. The highest BCUT2D eigenvalue weighted by atomic mass is 35.5. The summed E-state index contributed by atoms with van der Waals surface area (Å²) in [4.78, 5) is 11.2. The van der Waals surface area contributed by atoms with Crippen LogP contribution in [0.5, 0.6) is 5.75 Å². The summed E-state index contributed by atoms with van der Waals surface area (Å²) in [5.41, 5.74) is 0.811. The van der Waals surface area contributed by atoms with Crippen molar-refractivity contribution in [3.05, 3.63) is 28.8 Å². The summed E-state index contributed by atoms with van der Waals surface area (Å²) in [7, 11) is 1.21.